The third kappa shape index (κ3) is 3.03. The molecule has 1 spiro atoms. The number of aromatic hydroxyl groups is 1. The Morgan fingerprint density at radius 1 is 0.971 bits per heavy atom. The van der Waals surface area contributed by atoms with E-state index in [0.29, 0.717) is 23.4 Å². The summed E-state index contributed by atoms with van der Waals surface area (Å²) in [6.07, 6.45) is 0.335. The molecular weight excluding hydrogens is 449 g/mol. The molecule has 3 aliphatic rings. The zero-order valence-electron chi connectivity index (χ0n) is 18.8. The van der Waals surface area contributed by atoms with Gasteiger partial charge >= 0.3 is 0 Å². The van der Waals surface area contributed by atoms with Gasteiger partial charge in [-0.25, -0.2) is 9.29 Å². The number of amides is 3. The first kappa shape index (κ1) is 21.5. The van der Waals surface area contributed by atoms with Gasteiger partial charge in [0.05, 0.1) is 17.5 Å². The van der Waals surface area contributed by atoms with Gasteiger partial charge in [-0.05, 0) is 61.4 Å². The van der Waals surface area contributed by atoms with E-state index in [-0.39, 0.29) is 5.75 Å². The lowest BCUT2D eigenvalue weighted by Crippen LogP contribution is -2.53. The van der Waals surface area contributed by atoms with E-state index in [1.165, 1.54) is 18.2 Å². The molecule has 176 valence electrons. The molecule has 3 amide bonds. The van der Waals surface area contributed by atoms with Crippen LogP contribution in [0.5, 0.6) is 5.75 Å². The van der Waals surface area contributed by atoms with Crippen molar-refractivity contribution in [3.8, 4) is 5.75 Å². The monoisotopic (exact) mass is 471 g/mol. The van der Waals surface area contributed by atoms with Crippen LogP contribution < -0.4 is 15.5 Å². The molecule has 35 heavy (non-hydrogen) atoms. The molecule has 0 saturated carbocycles. The summed E-state index contributed by atoms with van der Waals surface area (Å²) in [6, 6.07) is 17.0. The smallest absolute Gasteiger partial charge is 0.250 e. The van der Waals surface area contributed by atoms with Crippen LogP contribution in [-0.2, 0) is 26.3 Å². The second kappa shape index (κ2) is 7.48. The Kier molecular flexibility index (Phi) is 4.59. The quantitative estimate of drug-likeness (QED) is 0.510. The number of nitrogens with zero attached hydrogens (tertiary/aromatic N) is 1. The first-order chi connectivity index (χ1) is 16.8. The zero-order valence-corrected chi connectivity index (χ0v) is 18.8. The van der Waals surface area contributed by atoms with E-state index in [1.807, 2.05) is 19.1 Å². The standard InChI is InChI=1S/C27H22FN3O4/c1-14-2-7-17(8-3-14)31-24(33)22-21(12-15-4-9-18(32)10-5-15)30-27(23(22)25(31)34)19-13-16(28)6-11-20(19)29-26(27)35/h2-11,13,21-23,30,32H,12H2,1H3,(H,29,35)/t21-,22-,23+,27+/m1/s1. The highest BCUT2D eigenvalue weighted by molar-refractivity contribution is 6.25. The molecule has 0 unspecified atom stereocenters. The lowest BCUT2D eigenvalue weighted by Gasteiger charge is -2.29. The number of phenolic OH excluding ortho intramolecular Hbond substituents is 1. The maximum atomic E-state index is 14.4. The number of rotatable bonds is 3. The summed E-state index contributed by atoms with van der Waals surface area (Å²) in [5, 5.41) is 15.7. The third-order valence-electron chi connectivity index (χ3n) is 7.36. The number of anilines is 2. The molecular formula is C27H22FN3O4. The fourth-order valence-electron chi connectivity index (χ4n) is 5.78. The molecule has 4 atom stereocenters. The molecule has 0 aromatic heterocycles. The fraction of sp³-hybridized carbons (Fsp3) is 0.222. The van der Waals surface area contributed by atoms with Gasteiger partial charge in [-0.2, -0.15) is 0 Å². The number of fused-ring (bicyclic) bond motifs is 4. The maximum Gasteiger partial charge on any atom is 0.250 e. The van der Waals surface area contributed by atoms with Crippen molar-refractivity contribution in [2.45, 2.75) is 24.9 Å². The van der Waals surface area contributed by atoms with Crippen molar-refractivity contribution in [3.63, 3.8) is 0 Å². The highest BCUT2D eigenvalue weighted by atomic mass is 19.1. The number of aryl methyl sites for hydroxylation is 1. The lowest BCUT2D eigenvalue weighted by atomic mass is 9.76. The van der Waals surface area contributed by atoms with E-state index >= 15 is 0 Å². The van der Waals surface area contributed by atoms with Gasteiger partial charge < -0.3 is 10.4 Å². The topological polar surface area (TPSA) is 98.7 Å². The van der Waals surface area contributed by atoms with Gasteiger partial charge in [-0.1, -0.05) is 29.8 Å². The van der Waals surface area contributed by atoms with Crippen LogP contribution in [0, 0.1) is 24.6 Å². The predicted octanol–water partition coefficient (Wildman–Crippen LogP) is 3.01. The van der Waals surface area contributed by atoms with E-state index in [2.05, 4.69) is 10.6 Å². The first-order valence-corrected chi connectivity index (χ1v) is 11.4. The van der Waals surface area contributed by atoms with Crippen LogP contribution in [-0.4, -0.2) is 28.9 Å². The van der Waals surface area contributed by atoms with Crippen molar-refractivity contribution in [2.75, 3.05) is 10.2 Å². The van der Waals surface area contributed by atoms with Crippen molar-refractivity contribution < 1.29 is 23.9 Å². The van der Waals surface area contributed by atoms with Gasteiger partial charge in [-0.3, -0.25) is 19.7 Å². The minimum absolute atomic E-state index is 0.111. The van der Waals surface area contributed by atoms with Gasteiger partial charge in [-0.15, -0.1) is 0 Å². The molecule has 0 aliphatic carbocycles. The van der Waals surface area contributed by atoms with Crippen molar-refractivity contribution in [3.05, 3.63) is 89.2 Å². The van der Waals surface area contributed by atoms with Gasteiger partial charge in [0.15, 0.2) is 0 Å². The highest BCUT2D eigenvalue weighted by Gasteiger charge is 2.70. The zero-order chi connectivity index (χ0) is 24.5. The van der Waals surface area contributed by atoms with Crippen LogP contribution in [0.4, 0.5) is 15.8 Å². The fourth-order valence-corrected chi connectivity index (χ4v) is 5.78. The minimum atomic E-state index is -1.57. The van der Waals surface area contributed by atoms with E-state index < -0.39 is 47.0 Å². The largest absolute Gasteiger partial charge is 0.508 e. The molecule has 0 bridgehead atoms. The molecule has 2 fully saturated rings. The number of imide groups is 1. The summed E-state index contributed by atoms with van der Waals surface area (Å²) in [6.45, 7) is 1.91. The van der Waals surface area contributed by atoms with E-state index in [9.17, 15) is 23.9 Å². The van der Waals surface area contributed by atoms with Crippen molar-refractivity contribution >= 4 is 29.1 Å². The molecule has 3 heterocycles. The van der Waals surface area contributed by atoms with Gasteiger partial charge in [0.1, 0.15) is 17.1 Å². The molecule has 7 nitrogen and oxygen atoms in total. The molecule has 3 aromatic rings. The minimum Gasteiger partial charge on any atom is -0.508 e. The molecule has 3 aromatic carbocycles. The summed E-state index contributed by atoms with van der Waals surface area (Å²) < 4.78 is 14.4. The van der Waals surface area contributed by atoms with Crippen LogP contribution in [0.1, 0.15) is 16.7 Å². The molecule has 0 radical (unpaired) electrons. The van der Waals surface area contributed by atoms with Crippen molar-refractivity contribution in [2.24, 2.45) is 11.8 Å². The van der Waals surface area contributed by atoms with Gasteiger partial charge in [0.2, 0.25) is 17.7 Å². The predicted molar refractivity (Wildman–Crippen MR) is 126 cm³/mol. The Labute approximate surface area is 200 Å². The number of hydrogen-bond donors (Lipinski definition) is 3. The van der Waals surface area contributed by atoms with Gasteiger partial charge in [0, 0.05) is 17.3 Å². The number of phenols is 1. The first-order valence-electron chi connectivity index (χ1n) is 11.4. The van der Waals surface area contributed by atoms with Crippen LogP contribution >= 0.6 is 0 Å². The van der Waals surface area contributed by atoms with Gasteiger partial charge in [0.25, 0.3) is 0 Å². The Morgan fingerprint density at radius 3 is 2.40 bits per heavy atom. The summed E-state index contributed by atoms with van der Waals surface area (Å²) in [5.74, 6) is -3.66. The Balaban J connectivity index is 1.49. The number of hydrogen-bond acceptors (Lipinski definition) is 5. The number of carbonyl (C=O) groups is 3. The van der Waals surface area contributed by atoms with E-state index in [0.717, 1.165) is 16.0 Å². The van der Waals surface area contributed by atoms with Crippen molar-refractivity contribution in [1.82, 2.24) is 5.32 Å². The lowest BCUT2D eigenvalue weighted by molar-refractivity contribution is -0.130. The Morgan fingerprint density at radius 2 is 1.69 bits per heavy atom. The summed E-state index contributed by atoms with van der Waals surface area (Å²) in [7, 11) is 0. The molecule has 8 heteroatoms. The number of carbonyl (C=O) groups excluding carboxylic acids is 3. The molecule has 2 saturated heterocycles. The SMILES string of the molecule is Cc1ccc(N2C(=O)[C@H]3[C@@H](C2=O)[C@]2(N[C@@H]3Cc3ccc(O)cc3)C(=O)Nc3ccc(F)cc32)cc1. The molecule has 3 N–H and O–H groups in total. The van der Waals surface area contributed by atoms with E-state index in [4.69, 9.17) is 0 Å². The van der Waals surface area contributed by atoms with Crippen LogP contribution in [0.25, 0.3) is 0 Å². The maximum absolute atomic E-state index is 14.4. The molecule has 6 rings (SSSR count). The number of benzene rings is 3. The molecule has 3 aliphatic heterocycles. The Bertz CT molecular complexity index is 1390. The average molecular weight is 471 g/mol. The van der Waals surface area contributed by atoms with Crippen LogP contribution in [0.2, 0.25) is 0 Å². The highest BCUT2D eigenvalue weighted by Crippen LogP contribution is 2.54. The average Bonchev–Trinajstić information content (AvgIpc) is 3.41. The normalized spacial score (nSPS) is 26.9. The van der Waals surface area contributed by atoms with Crippen molar-refractivity contribution in [1.29, 1.82) is 0 Å². The second-order valence-corrected chi connectivity index (χ2v) is 9.42. The Hall–Kier alpha value is -4.04. The summed E-state index contributed by atoms with van der Waals surface area (Å²) in [5.41, 5.74) is 1.42. The van der Waals surface area contributed by atoms with Crippen LogP contribution in [0.15, 0.2) is 66.7 Å². The summed E-state index contributed by atoms with van der Waals surface area (Å²) >= 11 is 0. The number of nitrogens with one attached hydrogen (secondary N) is 2. The number of halogens is 1. The van der Waals surface area contributed by atoms with E-state index in [1.54, 1.807) is 36.4 Å². The summed E-state index contributed by atoms with van der Waals surface area (Å²) in [4.78, 5) is 42.3. The second-order valence-electron chi connectivity index (χ2n) is 9.42. The van der Waals surface area contributed by atoms with Crippen LogP contribution in [0.3, 0.4) is 0 Å². The third-order valence-corrected chi connectivity index (χ3v) is 7.36.